The van der Waals surface area contributed by atoms with Crippen LogP contribution >= 0.6 is 34.8 Å². The Labute approximate surface area is 142 Å². The van der Waals surface area contributed by atoms with Crippen molar-refractivity contribution in [3.05, 3.63) is 52.1 Å². The van der Waals surface area contributed by atoms with E-state index >= 15 is 0 Å². The van der Waals surface area contributed by atoms with E-state index in [0.717, 1.165) is 9.26 Å². The Bertz CT molecular complexity index is 744. The van der Waals surface area contributed by atoms with Crippen LogP contribution in [0, 0.1) is 3.57 Å². The minimum atomic E-state index is -3.68. The van der Waals surface area contributed by atoms with Crippen molar-refractivity contribution in [3.63, 3.8) is 0 Å². The Morgan fingerprint density at radius 3 is 1.81 bits per heavy atom. The van der Waals surface area contributed by atoms with Crippen molar-refractivity contribution < 1.29 is 8.42 Å². The molecule has 8 heteroatoms. The Kier molecular flexibility index (Phi) is 5.14. The van der Waals surface area contributed by atoms with Crippen LogP contribution in [0.1, 0.15) is 0 Å². The first-order valence-corrected chi connectivity index (χ1v) is 8.84. The molecule has 0 aliphatic rings. The van der Waals surface area contributed by atoms with E-state index < -0.39 is 10.0 Å². The number of hydrogen-bond donors (Lipinski definition) is 3. The Morgan fingerprint density at radius 1 is 0.952 bits per heavy atom. The van der Waals surface area contributed by atoms with Gasteiger partial charge in [0.2, 0.25) is 10.0 Å². The number of nitrogens with two attached hydrogens (primary N) is 1. The number of sulfonamides is 1. The van der Waals surface area contributed by atoms with Gasteiger partial charge in [-0.15, -0.1) is 0 Å². The second-order valence-corrected chi connectivity index (χ2v) is 7.37. The third-order valence-electron chi connectivity index (χ3n) is 2.54. The number of nitrogens with one attached hydrogen (secondary N) is 2. The van der Waals surface area contributed by atoms with Crippen molar-refractivity contribution in [2.45, 2.75) is 4.90 Å². The lowest BCUT2D eigenvalue weighted by molar-refractivity contribution is 0.598. The molecule has 0 fully saturated rings. The summed E-state index contributed by atoms with van der Waals surface area (Å²) in [5.41, 5.74) is 1.54. The number of hydrogen-bond acceptors (Lipinski definition) is 3. The molecule has 21 heavy (non-hydrogen) atoms. The quantitative estimate of drug-likeness (QED) is 0.512. The molecule has 0 saturated heterocycles. The summed E-state index contributed by atoms with van der Waals surface area (Å²) < 4.78 is 23.4. The number of halogens is 1. The minimum absolute atomic E-state index is 0.0598. The van der Waals surface area contributed by atoms with E-state index in [1.54, 1.807) is 12.1 Å². The fourth-order valence-corrected chi connectivity index (χ4v) is 2.67. The van der Waals surface area contributed by atoms with E-state index in [0.29, 0.717) is 10.8 Å². The SMILES string of the molecule is NS(=O)(=O)c1ccc(NC(=S)Nc2ccc(I)cc2)cc1. The first kappa shape index (κ1) is 16.1. The van der Waals surface area contributed by atoms with Crippen LogP contribution in [0.15, 0.2) is 53.4 Å². The summed E-state index contributed by atoms with van der Waals surface area (Å²) in [6.07, 6.45) is 0. The van der Waals surface area contributed by atoms with Gasteiger partial charge < -0.3 is 10.6 Å². The largest absolute Gasteiger partial charge is 0.332 e. The summed E-state index contributed by atoms with van der Waals surface area (Å²) in [7, 11) is -3.68. The molecule has 0 radical (unpaired) electrons. The molecule has 0 aliphatic heterocycles. The average Bonchev–Trinajstić information content (AvgIpc) is 2.41. The smallest absolute Gasteiger partial charge is 0.238 e. The molecule has 0 amide bonds. The standard InChI is InChI=1S/C13H12IN3O2S2/c14-9-1-3-10(4-2-9)16-13(20)17-11-5-7-12(8-6-11)21(15,18)19/h1-8H,(H2,15,18,19)(H2,16,17,20). The van der Waals surface area contributed by atoms with Gasteiger partial charge in [-0.05, 0) is 83.3 Å². The summed E-state index contributed by atoms with van der Waals surface area (Å²) in [5.74, 6) is 0. The van der Waals surface area contributed by atoms with Crippen molar-refractivity contribution in [2.24, 2.45) is 5.14 Å². The zero-order chi connectivity index (χ0) is 15.5. The van der Waals surface area contributed by atoms with Crippen molar-refractivity contribution in [1.82, 2.24) is 0 Å². The van der Waals surface area contributed by atoms with Crippen molar-refractivity contribution in [3.8, 4) is 0 Å². The molecule has 2 aromatic rings. The summed E-state index contributed by atoms with van der Waals surface area (Å²) >= 11 is 7.41. The summed E-state index contributed by atoms with van der Waals surface area (Å²) in [5, 5.41) is 11.5. The Morgan fingerprint density at radius 2 is 1.38 bits per heavy atom. The molecule has 0 spiro atoms. The van der Waals surface area contributed by atoms with Crippen LogP contribution in [0.4, 0.5) is 11.4 Å². The zero-order valence-electron chi connectivity index (χ0n) is 10.7. The van der Waals surface area contributed by atoms with Crippen molar-refractivity contribution in [2.75, 3.05) is 10.6 Å². The topological polar surface area (TPSA) is 84.2 Å². The highest BCUT2D eigenvalue weighted by Gasteiger charge is 2.07. The van der Waals surface area contributed by atoms with E-state index in [1.807, 2.05) is 24.3 Å². The molecule has 2 aromatic carbocycles. The van der Waals surface area contributed by atoms with Gasteiger partial charge in [0, 0.05) is 14.9 Å². The van der Waals surface area contributed by atoms with Gasteiger partial charge in [-0.3, -0.25) is 0 Å². The second kappa shape index (κ2) is 6.69. The van der Waals surface area contributed by atoms with Crippen LogP contribution in [0.25, 0.3) is 0 Å². The lowest BCUT2D eigenvalue weighted by atomic mass is 10.3. The highest BCUT2D eigenvalue weighted by molar-refractivity contribution is 14.1. The normalized spacial score (nSPS) is 11.0. The van der Waals surface area contributed by atoms with Gasteiger partial charge in [0.25, 0.3) is 0 Å². The van der Waals surface area contributed by atoms with Gasteiger partial charge in [-0.2, -0.15) is 0 Å². The van der Waals surface area contributed by atoms with E-state index in [4.69, 9.17) is 17.4 Å². The van der Waals surface area contributed by atoms with Gasteiger partial charge in [0.15, 0.2) is 5.11 Å². The molecular formula is C13H12IN3O2S2. The third-order valence-corrected chi connectivity index (χ3v) is 4.40. The fourth-order valence-electron chi connectivity index (χ4n) is 1.55. The van der Waals surface area contributed by atoms with Gasteiger partial charge in [-0.25, -0.2) is 13.6 Å². The molecule has 110 valence electrons. The zero-order valence-corrected chi connectivity index (χ0v) is 14.5. The van der Waals surface area contributed by atoms with Crippen LogP contribution in [0.5, 0.6) is 0 Å². The van der Waals surface area contributed by atoms with Gasteiger partial charge in [0.05, 0.1) is 4.90 Å². The molecule has 5 nitrogen and oxygen atoms in total. The molecule has 0 unspecified atom stereocenters. The highest BCUT2D eigenvalue weighted by Crippen LogP contribution is 2.14. The van der Waals surface area contributed by atoms with Gasteiger partial charge >= 0.3 is 0 Å². The Balaban J connectivity index is 2.01. The van der Waals surface area contributed by atoms with E-state index in [2.05, 4.69) is 33.2 Å². The summed E-state index contributed by atoms with van der Waals surface area (Å²) in [4.78, 5) is 0.0598. The minimum Gasteiger partial charge on any atom is -0.332 e. The van der Waals surface area contributed by atoms with E-state index in [-0.39, 0.29) is 4.90 Å². The lowest BCUT2D eigenvalue weighted by Gasteiger charge is -2.11. The monoisotopic (exact) mass is 433 g/mol. The van der Waals surface area contributed by atoms with Crippen LogP contribution in [-0.2, 0) is 10.0 Å². The highest BCUT2D eigenvalue weighted by atomic mass is 127. The van der Waals surface area contributed by atoms with Gasteiger partial charge in [-0.1, -0.05) is 0 Å². The van der Waals surface area contributed by atoms with Crippen LogP contribution < -0.4 is 15.8 Å². The van der Waals surface area contributed by atoms with Crippen LogP contribution in [0.2, 0.25) is 0 Å². The van der Waals surface area contributed by atoms with Crippen molar-refractivity contribution >= 4 is 61.3 Å². The molecule has 0 heterocycles. The van der Waals surface area contributed by atoms with E-state index in [1.165, 1.54) is 12.1 Å². The Hall–Kier alpha value is -1.23. The fraction of sp³-hybridized carbons (Fsp3) is 0. The maximum absolute atomic E-state index is 11.2. The molecule has 0 bridgehead atoms. The number of anilines is 2. The second-order valence-electron chi connectivity index (χ2n) is 4.16. The first-order valence-electron chi connectivity index (χ1n) is 5.81. The molecule has 0 atom stereocenters. The molecule has 2 rings (SSSR count). The number of rotatable bonds is 3. The predicted molar refractivity (Wildman–Crippen MR) is 96.8 cm³/mol. The van der Waals surface area contributed by atoms with Crippen LogP contribution in [0.3, 0.4) is 0 Å². The maximum atomic E-state index is 11.2. The number of thiocarbonyl (C=S) groups is 1. The summed E-state index contributed by atoms with van der Waals surface area (Å²) in [6.45, 7) is 0. The number of primary sulfonamides is 1. The van der Waals surface area contributed by atoms with Crippen LogP contribution in [-0.4, -0.2) is 13.5 Å². The first-order chi connectivity index (χ1) is 9.84. The molecule has 4 N–H and O–H groups in total. The molecular weight excluding hydrogens is 421 g/mol. The van der Waals surface area contributed by atoms with Crippen molar-refractivity contribution in [1.29, 1.82) is 0 Å². The third kappa shape index (κ3) is 4.92. The number of benzene rings is 2. The molecule has 0 saturated carbocycles. The van der Waals surface area contributed by atoms with E-state index in [9.17, 15) is 8.42 Å². The average molecular weight is 433 g/mol. The summed E-state index contributed by atoms with van der Waals surface area (Å²) in [6, 6.07) is 13.8. The maximum Gasteiger partial charge on any atom is 0.238 e. The molecule has 0 aliphatic carbocycles. The lowest BCUT2D eigenvalue weighted by Crippen LogP contribution is -2.19. The predicted octanol–water partition coefficient (Wildman–Crippen LogP) is 2.75. The molecule has 0 aromatic heterocycles. The van der Waals surface area contributed by atoms with Gasteiger partial charge in [0.1, 0.15) is 0 Å².